The molecular formula is C18H17FN4O3. The van der Waals surface area contributed by atoms with E-state index in [0.29, 0.717) is 0 Å². The highest BCUT2D eigenvalue weighted by atomic mass is 19.1. The van der Waals surface area contributed by atoms with Gasteiger partial charge in [0.05, 0.1) is 6.54 Å². The smallest absolute Gasteiger partial charge is 0.324 e. The number of benzene rings is 1. The Morgan fingerprint density at radius 3 is 2.81 bits per heavy atom. The SMILES string of the molecule is O=C(NCc1cccnc1)C1CNC(=O)N(Cc2ccccc2F)C1=O. The summed E-state index contributed by atoms with van der Waals surface area (Å²) >= 11 is 0. The molecule has 26 heavy (non-hydrogen) atoms. The molecule has 1 aliphatic rings. The summed E-state index contributed by atoms with van der Waals surface area (Å²) in [4.78, 5) is 41.7. The molecular weight excluding hydrogens is 339 g/mol. The molecule has 0 spiro atoms. The fourth-order valence-corrected chi connectivity index (χ4v) is 2.63. The highest BCUT2D eigenvalue weighted by Gasteiger charge is 2.38. The van der Waals surface area contributed by atoms with Crippen LogP contribution >= 0.6 is 0 Å². The maximum atomic E-state index is 13.8. The molecule has 1 atom stereocenters. The van der Waals surface area contributed by atoms with Gasteiger partial charge in [-0.3, -0.25) is 19.5 Å². The quantitative estimate of drug-likeness (QED) is 0.788. The van der Waals surface area contributed by atoms with Crippen LogP contribution < -0.4 is 10.6 Å². The molecule has 1 fully saturated rings. The Labute approximate surface area is 149 Å². The minimum Gasteiger partial charge on any atom is -0.351 e. The van der Waals surface area contributed by atoms with Gasteiger partial charge in [0, 0.05) is 31.0 Å². The average molecular weight is 356 g/mol. The molecule has 2 heterocycles. The molecule has 1 aromatic carbocycles. The Hall–Kier alpha value is -3.29. The fraction of sp³-hybridized carbons (Fsp3) is 0.222. The second-order valence-electron chi connectivity index (χ2n) is 5.83. The second kappa shape index (κ2) is 7.73. The first kappa shape index (κ1) is 17.5. The maximum Gasteiger partial charge on any atom is 0.324 e. The van der Waals surface area contributed by atoms with Crippen LogP contribution in [-0.2, 0) is 22.7 Å². The van der Waals surface area contributed by atoms with E-state index in [1.54, 1.807) is 30.6 Å². The van der Waals surface area contributed by atoms with E-state index >= 15 is 0 Å². The summed E-state index contributed by atoms with van der Waals surface area (Å²) in [6, 6.07) is 8.76. The van der Waals surface area contributed by atoms with Crippen LogP contribution in [0.1, 0.15) is 11.1 Å². The van der Waals surface area contributed by atoms with Gasteiger partial charge in [-0.15, -0.1) is 0 Å². The van der Waals surface area contributed by atoms with Crippen molar-refractivity contribution in [3.63, 3.8) is 0 Å². The van der Waals surface area contributed by atoms with E-state index in [9.17, 15) is 18.8 Å². The van der Waals surface area contributed by atoms with Crippen molar-refractivity contribution in [3.05, 3.63) is 65.7 Å². The van der Waals surface area contributed by atoms with E-state index in [2.05, 4.69) is 15.6 Å². The Morgan fingerprint density at radius 1 is 1.27 bits per heavy atom. The van der Waals surface area contributed by atoms with E-state index in [0.717, 1.165) is 10.5 Å². The number of halogens is 1. The number of imide groups is 1. The van der Waals surface area contributed by atoms with Gasteiger partial charge in [0.15, 0.2) is 0 Å². The molecule has 1 unspecified atom stereocenters. The van der Waals surface area contributed by atoms with Crippen LogP contribution in [0.25, 0.3) is 0 Å². The number of nitrogens with zero attached hydrogens (tertiary/aromatic N) is 2. The highest BCUT2D eigenvalue weighted by molar-refractivity contribution is 6.08. The molecule has 8 heteroatoms. The molecule has 134 valence electrons. The van der Waals surface area contributed by atoms with E-state index in [1.807, 2.05) is 0 Å². The zero-order valence-electron chi connectivity index (χ0n) is 13.8. The van der Waals surface area contributed by atoms with E-state index in [4.69, 9.17) is 0 Å². The number of carbonyl (C=O) groups excluding carboxylic acids is 3. The van der Waals surface area contributed by atoms with Crippen LogP contribution in [0.15, 0.2) is 48.8 Å². The van der Waals surface area contributed by atoms with Gasteiger partial charge in [-0.1, -0.05) is 24.3 Å². The number of hydrogen-bond donors (Lipinski definition) is 2. The minimum absolute atomic E-state index is 0.0929. The predicted octanol–water partition coefficient (Wildman–Crippen LogP) is 1.21. The third kappa shape index (κ3) is 3.85. The monoisotopic (exact) mass is 356 g/mol. The normalized spacial score (nSPS) is 17.0. The number of carbonyl (C=O) groups is 3. The zero-order valence-corrected chi connectivity index (χ0v) is 13.8. The van der Waals surface area contributed by atoms with Gasteiger partial charge in [-0.2, -0.15) is 0 Å². The first-order valence-electron chi connectivity index (χ1n) is 8.05. The Morgan fingerprint density at radius 2 is 2.08 bits per heavy atom. The lowest BCUT2D eigenvalue weighted by Crippen LogP contribution is -2.58. The summed E-state index contributed by atoms with van der Waals surface area (Å²) in [5, 5.41) is 5.16. The first-order valence-corrected chi connectivity index (χ1v) is 8.05. The zero-order chi connectivity index (χ0) is 18.5. The van der Waals surface area contributed by atoms with Gasteiger partial charge in [0.1, 0.15) is 11.7 Å². The van der Waals surface area contributed by atoms with Gasteiger partial charge in [-0.25, -0.2) is 9.18 Å². The van der Waals surface area contributed by atoms with Crippen molar-refractivity contribution in [1.82, 2.24) is 20.5 Å². The number of urea groups is 1. The maximum absolute atomic E-state index is 13.8. The predicted molar refractivity (Wildman–Crippen MR) is 89.9 cm³/mol. The van der Waals surface area contributed by atoms with E-state index in [-0.39, 0.29) is 25.2 Å². The lowest BCUT2D eigenvalue weighted by Gasteiger charge is -2.30. The topological polar surface area (TPSA) is 91.4 Å². The summed E-state index contributed by atoms with van der Waals surface area (Å²) in [6.07, 6.45) is 3.22. The van der Waals surface area contributed by atoms with E-state index < -0.39 is 29.6 Å². The highest BCUT2D eigenvalue weighted by Crippen LogP contribution is 2.16. The van der Waals surface area contributed by atoms with Gasteiger partial charge in [0.25, 0.3) is 0 Å². The molecule has 0 radical (unpaired) electrons. The number of amides is 4. The Kier molecular flexibility index (Phi) is 5.21. The van der Waals surface area contributed by atoms with Crippen molar-refractivity contribution in [3.8, 4) is 0 Å². The van der Waals surface area contributed by atoms with Gasteiger partial charge < -0.3 is 10.6 Å². The first-order chi connectivity index (χ1) is 12.6. The molecule has 1 aliphatic heterocycles. The number of nitrogens with one attached hydrogen (secondary N) is 2. The molecule has 0 saturated carbocycles. The number of hydrogen-bond acceptors (Lipinski definition) is 4. The van der Waals surface area contributed by atoms with Crippen LogP contribution in [0.4, 0.5) is 9.18 Å². The van der Waals surface area contributed by atoms with Crippen molar-refractivity contribution in [2.24, 2.45) is 5.92 Å². The van der Waals surface area contributed by atoms with Crippen LogP contribution in [0.3, 0.4) is 0 Å². The van der Waals surface area contributed by atoms with Crippen molar-refractivity contribution in [2.75, 3.05) is 6.54 Å². The summed E-state index contributed by atoms with van der Waals surface area (Å²) in [5.41, 5.74) is 0.990. The summed E-state index contributed by atoms with van der Waals surface area (Å²) < 4.78 is 13.8. The summed E-state index contributed by atoms with van der Waals surface area (Å²) in [7, 11) is 0. The lowest BCUT2D eigenvalue weighted by atomic mass is 10.0. The number of rotatable bonds is 5. The largest absolute Gasteiger partial charge is 0.351 e. The van der Waals surface area contributed by atoms with Crippen LogP contribution in [-0.4, -0.2) is 34.3 Å². The van der Waals surface area contributed by atoms with Crippen LogP contribution in [0.2, 0.25) is 0 Å². The van der Waals surface area contributed by atoms with Crippen molar-refractivity contribution in [2.45, 2.75) is 13.1 Å². The van der Waals surface area contributed by atoms with Crippen LogP contribution in [0, 0.1) is 11.7 Å². The molecule has 2 aromatic rings. The van der Waals surface area contributed by atoms with E-state index in [1.165, 1.54) is 18.2 Å². The van der Waals surface area contributed by atoms with Gasteiger partial charge in [0.2, 0.25) is 11.8 Å². The fourth-order valence-electron chi connectivity index (χ4n) is 2.63. The summed E-state index contributed by atoms with van der Waals surface area (Å²) in [6.45, 7) is -0.105. The van der Waals surface area contributed by atoms with Crippen molar-refractivity contribution >= 4 is 17.8 Å². The van der Waals surface area contributed by atoms with Gasteiger partial charge in [-0.05, 0) is 17.7 Å². The Bertz CT molecular complexity index is 828. The molecule has 1 saturated heterocycles. The average Bonchev–Trinajstić information content (AvgIpc) is 2.65. The molecule has 2 N–H and O–H groups in total. The standard InChI is InChI=1S/C18H17FN4O3/c19-15-6-2-1-5-13(15)11-23-17(25)14(10-22-18(23)26)16(24)21-9-12-4-3-7-20-8-12/h1-8,14H,9-11H2,(H,21,24)(H,22,26). The molecule has 0 aliphatic carbocycles. The lowest BCUT2D eigenvalue weighted by molar-refractivity contribution is -0.141. The third-order valence-corrected chi connectivity index (χ3v) is 4.06. The van der Waals surface area contributed by atoms with Crippen molar-refractivity contribution in [1.29, 1.82) is 0 Å². The molecule has 1 aromatic heterocycles. The van der Waals surface area contributed by atoms with Crippen molar-refractivity contribution < 1.29 is 18.8 Å². The molecule has 3 rings (SSSR count). The third-order valence-electron chi connectivity index (χ3n) is 4.06. The molecule has 7 nitrogen and oxygen atoms in total. The minimum atomic E-state index is -1.06. The summed E-state index contributed by atoms with van der Waals surface area (Å²) in [5.74, 6) is -2.73. The number of pyridine rings is 1. The van der Waals surface area contributed by atoms with Gasteiger partial charge >= 0.3 is 6.03 Å². The molecule has 0 bridgehead atoms. The second-order valence-corrected chi connectivity index (χ2v) is 5.83. The van der Waals surface area contributed by atoms with Crippen LogP contribution in [0.5, 0.6) is 0 Å². The molecule has 4 amide bonds. The number of aromatic nitrogens is 1. The Balaban J connectivity index is 1.67.